The molecule has 1 heterocycles. The van der Waals surface area contributed by atoms with Crippen molar-refractivity contribution in [2.24, 2.45) is 0 Å². The quantitative estimate of drug-likeness (QED) is 0.668. The molecule has 0 bridgehead atoms. The maximum Gasteiger partial charge on any atom is 0.178 e. The van der Waals surface area contributed by atoms with E-state index in [4.69, 9.17) is 9.84 Å². The summed E-state index contributed by atoms with van der Waals surface area (Å²) in [6.07, 6.45) is 0.663. The average molecular weight is 158 g/mol. The van der Waals surface area contributed by atoms with Gasteiger partial charge in [-0.1, -0.05) is 0 Å². The minimum absolute atomic E-state index is 0.0416. The summed E-state index contributed by atoms with van der Waals surface area (Å²) in [5.74, 6) is 0.172. The standard InChI is InChI=1S/C6H6O3S/c7-1-2-9-6-3-5(8)4-10-6/h1,3-4,8H,2H2. The fraction of sp³-hybridized carbons (Fsp3) is 0.167. The smallest absolute Gasteiger partial charge is 0.178 e. The molecule has 0 aromatic carbocycles. The molecule has 10 heavy (non-hydrogen) atoms. The SMILES string of the molecule is O=CCOc1cc(O)cs1. The molecule has 0 atom stereocenters. The van der Waals surface area contributed by atoms with Gasteiger partial charge in [-0.2, -0.15) is 0 Å². The second-order valence-corrected chi connectivity index (χ2v) is 2.48. The molecule has 0 spiro atoms. The zero-order valence-corrected chi connectivity index (χ0v) is 5.93. The normalized spacial score (nSPS) is 9.20. The summed E-state index contributed by atoms with van der Waals surface area (Å²) in [6.45, 7) is 0.0416. The van der Waals surface area contributed by atoms with Crippen molar-refractivity contribution in [3.63, 3.8) is 0 Å². The van der Waals surface area contributed by atoms with Crippen LogP contribution in [0.2, 0.25) is 0 Å². The Bertz CT molecular complexity index is 219. The molecular formula is C6H6O3S. The van der Waals surface area contributed by atoms with E-state index in [9.17, 15) is 4.79 Å². The van der Waals surface area contributed by atoms with Gasteiger partial charge in [0.1, 0.15) is 12.4 Å². The molecule has 1 aromatic heterocycles. The molecule has 0 aliphatic carbocycles. The summed E-state index contributed by atoms with van der Waals surface area (Å²) in [5.41, 5.74) is 0. The molecule has 0 radical (unpaired) electrons. The van der Waals surface area contributed by atoms with E-state index in [2.05, 4.69) is 0 Å². The molecule has 0 saturated heterocycles. The highest BCUT2D eigenvalue weighted by atomic mass is 32.1. The zero-order chi connectivity index (χ0) is 7.40. The van der Waals surface area contributed by atoms with Gasteiger partial charge in [-0.3, -0.25) is 4.79 Å². The molecule has 1 rings (SSSR count). The van der Waals surface area contributed by atoms with Crippen LogP contribution in [0.4, 0.5) is 0 Å². The number of aldehydes is 1. The Morgan fingerprint density at radius 3 is 3.10 bits per heavy atom. The summed E-state index contributed by atoms with van der Waals surface area (Å²) < 4.78 is 4.87. The van der Waals surface area contributed by atoms with Crippen LogP contribution in [0, 0.1) is 0 Å². The summed E-state index contributed by atoms with van der Waals surface area (Å²) in [4.78, 5) is 9.80. The lowest BCUT2D eigenvalue weighted by atomic mass is 10.6. The molecule has 1 aromatic rings. The summed E-state index contributed by atoms with van der Waals surface area (Å²) in [7, 11) is 0. The number of rotatable bonds is 3. The third-order valence-corrected chi connectivity index (χ3v) is 1.68. The Balaban J connectivity index is 2.49. The number of hydrogen-bond acceptors (Lipinski definition) is 4. The maximum absolute atomic E-state index is 9.80. The number of aromatic hydroxyl groups is 1. The minimum Gasteiger partial charge on any atom is -0.507 e. The zero-order valence-electron chi connectivity index (χ0n) is 5.11. The van der Waals surface area contributed by atoms with E-state index in [1.165, 1.54) is 17.4 Å². The van der Waals surface area contributed by atoms with Crippen molar-refractivity contribution in [2.45, 2.75) is 0 Å². The van der Waals surface area contributed by atoms with E-state index >= 15 is 0 Å². The molecule has 54 valence electrons. The summed E-state index contributed by atoms with van der Waals surface area (Å²) >= 11 is 1.26. The minimum atomic E-state index is 0.0416. The van der Waals surface area contributed by atoms with Gasteiger partial charge >= 0.3 is 0 Å². The monoisotopic (exact) mass is 158 g/mol. The van der Waals surface area contributed by atoms with E-state index in [-0.39, 0.29) is 12.4 Å². The molecule has 0 amide bonds. The number of carbonyl (C=O) groups excluding carboxylic acids is 1. The Morgan fingerprint density at radius 1 is 1.80 bits per heavy atom. The highest BCUT2D eigenvalue weighted by Gasteiger charge is 1.96. The molecular weight excluding hydrogens is 152 g/mol. The highest BCUT2D eigenvalue weighted by Crippen LogP contribution is 2.26. The summed E-state index contributed by atoms with van der Waals surface area (Å²) in [5, 5.41) is 10.9. The van der Waals surface area contributed by atoms with E-state index in [1.807, 2.05) is 0 Å². The van der Waals surface area contributed by atoms with Gasteiger partial charge in [0.2, 0.25) is 0 Å². The Hall–Kier alpha value is -1.03. The molecule has 4 heteroatoms. The van der Waals surface area contributed by atoms with Gasteiger partial charge in [0, 0.05) is 11.4 Å². The Morgan fingerprint density at radius 2 is 2.60 bits per heavy atom. The van der Waals surface area contributed by atoms with Gasteiger partial charge in [0.15, 0.2) is 11.3 Å². The average Bonchev–Trinajstić information content (AvgIpc) is 2.31. The van der Waals surface area contributed by atoms with Crippen molar-refractivity contribution >= 4 is 17.6 Å². The van der Waals surface area contributed by atoms with Crippen molar-refractivity contribution in [1.29, 1.82) is 0 Å². The maximum atomic E-state index is 9.80. The first-order valence-electron chi connectivity index (χ1n) is 2.67. The largest absolute Gasteiger partial charge is 0.507 e. The molecule has 0 fully saturated rings. The highest BCUT2D eigenvalue weighted by molar-refractivity contribution is 7.12. The lowest BCUT2D eigenvalue weighted by Crippen LogP contribution is -1.94. The van der Waals surface area contributed by atoms with Crippen LogP contribution in [-0.2, 0) is 4.79 Å². The molecule has 3 nitrogen and oxygen atoms in total. The van der Waals surface area contributed by atoms with E-state index in [1.54, 1.807) is 5.38 Å². The number of thiophene rings is 1. The van der Waals surface area contributed by atoms with Crippen LogP contribution < -0.4 is 4.74 Å². The van der Waals surface area contributed by atoms with Gasteiger partial charge in [-0.25, -0.2) is 0 Å². The van der Waals surface area contributed by atoms with Crippen molar-refractivity contribution in [3.8, 4) is 10.8 Å². The number of ether oxygens (including phenoxy) is 1. The molecule has 0 saturated carbocycles. The van der Waals surface area contributed by atoms with Gasteiger partial charge in [0.05, 0.1) is 0 Å². The second kappa shape index (κ2) is 3.22. The van der Waals surface area contributed by atoms with Crippen LogP contribution in [0.25, 0.3) is 0 Å². The molecule has 1 N–H and O–H groups in total. The van der Waals surface area contributed by atoms with Gasteiger partial charge in [0.25, 0.3) is 0 Å². The van der Waals surface area contributed by atoms with Gasteiger partial charge < -0.3 is 9.84 Å². The first-order chi connectivity index (χ1) is 4.83. The van der Waals surface area contributed by atoms with E-state index in [0.717, 1.165) is 0 Å². The Labute approximate surface area is 61.9 Å². The van der Waals surface area contributed by atoms with Crippen molar-refractivity contribution in [1.82, 2.24) is 0 Å². The molecule has 0 aliphatic heterocycles. The van der Waals surface area contributed by atoms with E-state index < -0.39 is 0 Å². The van der Waals surface area contributed by atoms with Gasteiger partial charge in [-0.05, 0) is 0 Å². The van der Waals surface area contributed by atoms with Crippen LogP contribution in [0.1, 0.15) is 0 Å². The van der Waals surface area contributed by atoms with Crippen molar-refractivity contribution < 1.29 is 14.6 Å². The fourth-order valence-corrected chi connectivity index (χ4v) is 1.13. The van der Waals surface area contributed by atoms with E-state index in [0.29, 0.717) is 11.3 Å². The van der Waals surface area contributed by atoms with Crippen LogP contribution in [0.15, 0.2) is 11.4 Å². The molecule has 0 unspecified atom stereocenters. The number of carbonyl (C=O) groups is 1. The van der Waals surface area contributed by atoms with Crippen molar-refractivity contribution in [3.05, 3.63) is 11.4 Å². The van der Waals surface area contributed by atoms with Gasteiger partial charge in [-0.15, -0.1) is 11.3 Å². The lowest BCUT2D eigenvalue weighted by Gasteiger charge is -1.92. The number of hydrogen-bond donors (Lipinski definition) is 1. The second-order valence-electron chi connectivity index (χ2n) is 1.60. The first kappa shape index (κ1) is 7.08. The Kier molecular flexibility index (Phi) is 2.28. The third-order valence-electron chi connectivity index (χ3n) is 0.855. The fourth-order valence-electron chi connectivity index (χ4n) is 0.499. The topological polar surface area (TPSA) is 46.5 Å². The third kappa shape index (κ3) is 1.73. The van der Waals surface area contributed by atoms with Crippen LogP contribution >= 0.6 is 11.3 Å². The van der Waals surface area contributed by atoms with Crippen LogP contribution in [-0.4, -0.2) is 18.0 Å². The van der Waals surface area contributed by atoms with Crippen LogP contribution in [0.3, 0.4) is 0 Å². The predicted octanol–water partition coefficient (Wildman–Crippen LogP) is 1.03. The predicted molar refractivity (Wildman–Crippen MR) is 37.5 cm³/mol. The lowest BCUT2D eigenvalue weighted by molar-refractivity contribution is -0.109. The summed E-state index contributed by atoms with van der Waals surface area (Å²) in [6, 6.07) is 1.47. The molecule has 0 aliphatic rings. The van der Waals surface area contributed by atoms with Crippen molar-refractivity contribution in [2.75, 3.05) is 6.61 Å². The first-order valence-corrected chi connectivity index (χ1v) is 3.55. The van der Waals surface area contributed by atoms with Crippen LogP contribution in [0.5, 0.6) is 10.8 Å².